The van der Waals surface area contributed by atoms with Gasteiger partial charge < -0.3 is 5.73 Å². The van der Waals surface area contributed by atoms with Crippen LogP contribution in [-0.4, -0.2) is 62.1 Å². The summed E-state index contributed by atoms with van der Waals surface area (Å²) in [7, 11) is -1.11. The molecule has 6 heteroatoms. The zero-order valence-corrected chi connectivity index (χ0v) is 10.5. The Balaban J connectivity index is 2.74. The van der Waals surface area contributed by atoms with E-state index in [4.69, 9.17) is 5.73 Å². The van der Waals surface area contributed by atoms with Gasteiger partial charge in [0, 0.05) is 31.7 Å². The van der Waals surface area contributed by atoms with Gasteiger partial charge in [0.05, 0.1) is 5.75 Å². The van der Waals surface area contributed by atoms with E-state index >= 15 is 0 Å². The van der Waals surface area contributed by atoms with Crippen molar-refractivity contribution in [1.82, 2.24) is 9.21 Å². The van der Waals surface area contributed by atoms with E-state index in [1.165, 1.54) is 0 Å². The van der Waals surface area contributed by atoms with Crippen molar-refractivity contribution in [3.63, 3.8) is 0 Å². The Hall–Kier alpha value is -0.170. The minimum Gasteiger partial charge on any atom is -0.329 e. The lowest BCUT2D eigenvalue weighted by Crippen LogP contribution is -2.56. The maximum absolute atomic E-state index is 11.8. The van der Waals surface area contributed by atoms with Gasteiger partial charge in [-0.25, -0.2) is 8.42 Å². The van der Waals surface area contributed by atoms with Crippen molar-refractivity contribution in [2.75, 3.05) is 32.4 Å². The molecule has 0 saturated carbocycles. The molecule has 1 aliphatic rings. The summed E-state index contributed by atoms with van der Waals surface area (Å²) in [6.07, 6.45) is 0. The summed E-state index contributed by atoms with van der Waals surface area (Å²) in [6, 6.07) is 0.530. The van der Waals surface area contributed by atoms with E-state index in [-0.39, 0.29) is 24.4 Å². The molecular formula is C9H21N3O2S. The molecule has 0 aliphatic carbocycles. The van der Waals surface area contributed by atoms with Crippen molar-refractivity contribution < 1.29 is 8.42 Å². The van der Waals surface area contributed by atoms with Gasteiger partial charge in [-0.1, -0.05) is 0 Å². The zero-order chi connectivity index (χ0) is 11.6. The van der Waals surface area contributed by atoms with E-state index in [1.54, 1.807) is 4.31 Å². The number of hydrogen-bond acceptors (Lipinski definition) is 4. The van der Waals surface area contributed by atoms with Crippen LogP contribution in [-0.2, 0) is 10.0 Å². The highest BCUT2D eigenvalue weighted by molar-refractivity contribution is 7.89. The minimum atomic E-state index is -3.14. The molecule has 0 radical (unpaired) electrons. The van der Waals surface area contributed by atoms with Gasteiger partial charge in [0.15, 0.2) is 0 Å². The topological polar surface area (TPSA) is 66.6 Å². The lowest BCUT2D eigenvalue weighted by molar-refractivity contribution is 0.105. The van der Waals surface area contributed by atoms with Crippen LogP contribution in [0.4, 0.5) is 0 Å². The molecule has 0 amide bonds. The van der Waals surface area contributed by atoms with Crippen molar-refractivity contribution >= 4 is 10.0 Å². The third-order valence-electron chi connectivity index (χ3n) is 3.10. The van der Waals surface area contributed by atoms with Crippen LogP contribution in [0, 0.1) is 0 Å². The predicted molar refractivity (Wildman–Crippen MR) is 61.1 cm³/mol. The predicted octanol–water partition coefficient (Wildman–Crippen LogP) is -0.701. The zero-order valence-electron chi connectivity index (χ0n) is 9.68. The van der Waals surface area contributed by atoms with Gasteiger partial charge in [-0.3, -0.25) is 4.90 Å². The average molecular weight is 235 g/mol. The van der Waals surface area contributed by atoms with Crippen LogP contribution in [0.5, 0.6) is 0 Å². The second-order valence-electron chi connectivity index (χ2n) is 4.29. The summed E-state index contributed by atoms with van der Waals surface area (Å²) >= 11 is 0. The number of rotatable bonds is 3. The monoisotopic (exact) mass is 235 g/mol. The van der Waals surface area contributed by atoms with Crippen LogP contribution >= 0.6 is 0 Å². The molecule has 2 atom stereocenters. The average Bonchev–Trinajstić information content (AvgIpc) is 2.13. The highest BCUT2D eigenvalue weighted by Gasteiger charge is 2.32. The van der Waals surface area contributed by atoms with Crippen molar-refractivity contribution in [2.45, 2.75) is 25.9 Å². The van der Waals surface area contributed by atoms with Gasteiger partial charge in [-0.05, 0) is 20.9 Å². The molecule has 2 N–H and O–H groups in total. The SMILES string of the molecule is CC1CN(S(=O)(=O)CCN)CC(C)N1C. The van der Waals surface area contributed by atoms with Crippen LogP contribution in [0.25, 0.3) is 0 Å². The summed E-state index contributed by atoms with van der Waals surface area (Å²) in [6.45, 7) is 5.42. The fourth-order valence-electron chi connectivity index (χ4n) is 1.86. The number of nitrogens with two attached hydrogens (primary N) is 1. The summed E-state index contributed by atoms with van der Waals surface area (Å²) in [5.74, 6) is 0.0517. The number of likely N-dealkylation sites (N-methyl/N-ethyl adjacent to an activating group) is 1. The summed E-state index contributed by atoms with van der Waals surface area (Å²) in [5.41, 5.74) is 5.30. The van der Waals surface area contributed by atoms with Crippen LogP contribution in [0.1, 0.15) is 13.8 Å². The first-order valence-electron chi connectivity index (χ1n) is 5.28. The molecule has 0 aromatic heterocycles. The van der Waals surface area contributed by atoms with Crippen molar-refractivity contribution in [1.29, 1.82) is 0 Å². The fourth-order valence-corrected chi connectivity index (χ4v) is 3.30. The van der Waals surface area contributed by atoms with Gasteiger partial charge in [0.25, 0.3) is 0 Å². The second kappa shape index (κ2) is 4.78. The molecule has 0 aromatic carbocycles. The van der Waals surface area contributed by atoms with Crippen LogP contribution in [0.2, 0.25) is 0 Å². The molecule has 0 bridgehead atoms. The molecule has 1 heterocycles. The third-order valence-corrected chi connectivity index (χ3v) is 4.93. The quantitative estimate of drug-likeness (QED) is 0.702. The summed E-state index contributed by atoms with van der Waals surface area (Å²) in [4.78, 5) is 2.20. The van der Waals surface area contributed by atoms with Crippen LogP contribution in [0.3, 0.4) is 0 Å². The lowest BCUT2D eigenvalue weighted by atomic mass is 10.1. The first-order chi connectivity index (χ1) is 6.88. The Kier molecular flexibility index (Phi) is 4.11. The molecule has 1 aliphatic heterocycles. The van der Waals surface area contributed by atoms with Crippen molar-refractivity contribution in [2.24, 2.45) is 5.73 Å². The third kappa shape index (κ3) is 2.90. The Morgan fingerprint density at radius 1 is 1.27 bits per heavy atom. The largest absolute Gasteiger partial charge is 0.329 e. The molecular weight excluding hydrogens is 214 g/mol. The van der Waals surface area contributed by atoms with E-state index in [9.17, 15) is 8.42 Å². The van der Waals surface area contributed by atoms with Gasteiger partial charge in [0.2, 0.25) is 10.0 Å². The number of hydrogen-bond donors (Lipinski definition) is 1. The van der Waals surface area contributed by atoms with Gasteiger partial charge in [-0.15, -0.1) is 0 Å². The maximum atomic E-state index is 11.8. The van der Waals surface area contributed by atoms with E-state index in [2.05, 4.69) is 4.90 Å². The maximum Gasteiger partial charge on any atom is 0.215 e. The molecule has 5 nitrogen and oxygen atoms in total. The Morgan fingerprint density at radius 2 is 1.73 bits per heavy atom. The molecule has 1 saturated heterocycles. The minimum absolute atomic E-state index is 0.0517. The van der Waals surface area contributed by atoms with E-state index < -0.39 is 10.0 Å². The first-order valence-corrected chi connectivity index (χ1v) is 6.89. The molecule has 2 unspecified atom stereocenters. The summed E-state index contributed by atoms with van der Waals surface area (Å²) in [5, 5.41) is 0. The van der Waals surface area contributed by atoms with Crippen LogP contribution in [0.15, 0.2) is 0 Å². The van der Waals surface area contributed by atoms with Gasteiger partial charge in [-0.2, -0.15) is 4.31 Å². The lowest BCUT2D eigenvalue weighted by Gasteiger charge is -2.41. The molecule has 15 heavy (non-hydrogen) atoms. The molecule has 90 valence electrons. The van der Waals surface area contributed by atoms with E-state index in [0.29, 0.717) is 13.1 Å². The number of nitrogens with zero attached hydrogens (tertiary/aromatic N) is 2. The molecule has 1 fully saturated rings. The molecule has 0 aromatic rings. The highest BCUT2D eigenvalue weighted by Crippen LogP contribution is 2.16. The standard InChI is InChI=1S/C9H21N3O2S/c1-8-6-12(7-9(2)11(8)3)15(13,14)5-4-10/h8-9H,4-7,10H2,1-3H3. The van der Waals surface area contributed by atoms with E-state index in [0.717, 1.165) is 0 Å². The smallest absolute Gasteiger partial charge is 0.215 e. The van der Waals surface area contributed by atoms with Gasteiger partial charge >= 0.3 is 0 Å². The first kappa shape index (κ1) is 12.9. The Morgan fingerprint density at radius 3 is 2.13 bits per heavy atom. The molecule has 0 spiro atoms. The highest BCUT2D eigenvalue weighted by atomic mass is 32.2. The second-order valence-corrected chi connectivity index (χ2v) is 6.37. The normalized spacial score (nSPS) is 30.7. The summed E-state index contributed by atoms with van der Waals surface area (Å²) < 4.78 is 25.2. The fraction of sp³-hybridized carbons (Fsp3) is 1.00. The van der Waals surface area contributed by atoms with Crippen molar-refractivity contribution in [3.8, 4) is 0 Å². The Labute approximate surface area is 92.3 Å². The van der Waals surface area contributed by atoms with Crippen molar-refractivity contribution in [3.05, 3.63) is 0 Å². The molecule has 1 rings (SSSR count). The van der Waals surface area contributed by atoms with E-state index in [1.807, 2.05) is 20.9 Å². The van der Waals surface area contributed by atoms with Gasteiger partial charge in [0.1, 0.15) is 0 Å². The Bertz CT molecular complexity index is 292. The number of sulfonamides is 1. The number of piperazine rings is 1. The van der Waals surface area contributed by atoms with Crippen LogP contribution < -0.4 is 5.73 Å².